The fraction of sp³-hybridized carbons (Fsp3) is 0.647. The van der Waals surface area contributed by atoms with Crippen molar-refractivity contribution in [3.8, 4) is 0 Å². The lowest BCUT2D eigenvalue weighted by atomic mass is 10.2. The van der Waals surface area contributed by atoms with Crippen molar-refractivity contribution in [1.82, 2.24) is 4.90 Å². The topological polar surface area (TPSA) is 59.1 Å². The smallest absolute Gasteiger partial charge is 0.175 e. The maximum atomic E-state index is 11.5. The molecule has 0 aromatic heterocycles. The van der Waals surface area contributed by atoms with Crippen molar-refractivity contribution >= 4 is 15.5 Å². The van der Waals surface area contributed by atoms with Gasteiger partial charge in [0.1, 0.15) is 13.5 Å². The molecule has 1 aliphatic heterocycles. The summed E-state index contributed by atoms with van der Waals surface area (Å²) in [5.41, 5.74) is 0.871. The maximum absolute atomic E-state index is 11.5. The van der Waals surface area contributed by atoms with Gasteiger partial charge in [0.15, 0.2) is 9.84 Å². The number of hydrogen-bond donors (Lipinski definition) is 0. The van der Waals surface area contributed by atoms with Crippen LogP contribution < -0.4 is 4.90 Å². The molecular formula is C17H28N2O4S. The first-order valence-electron chi connectivity index (χ1n) is 8.14. The molecule has 1 fully saturated rings. The zero-order chi connectivity index (χ0) is 17.8. The largest absolute Gasteiger partial charge is 0.369 e. The van der Waals surface area contributed by atoms with Crippen molar-refractivity contribution in [2.75, 3.05) is 50.9 Å². The Morgan fingerprint density at radius 3 is 2.12 bits per heavy atom. The van der Waals surface area contributed by atoms with Gasteiger partial charge < -0.3 is 14.4 Å². The summed E-state index contributed by atoms with van der Waals surface area (Å²) < 4.78 is 34.1. The molecule has 1 aromatic rings. The third-order valence-corrected chi connectivity index (χ3v) is 4.98. The van der Waals surface area contributed by atoms with Crippen LogP contribution in [0, 0.1) is 0 Å². The molecule has 0 atom stereocenters. The minimum atomic E-state index is -3.14. The highest BCUT2D eigenvalue weighted by atomic mass is 32.2. The summed E-state index contributed by atoms with van der Waals surface area (Å²) in [5.74, 6) is 0. The summed E-state index contributed by atoms with van der Waals surface area (Å²) in [6.07, 6.45) is 1.23. The van der Waals surface area contributed by atoms with Gasteiger partial charge in [-0.1, -0.05) is 0 Å². The maximum Gasteiger partial charge on any atom is 0.175 e. The summed E-state index contributed by atoms with van der Waals surface area (Å²) in [6.45, 7) is 10.5. The van der Waals surface area contributed by atoms with Gasteiger partial charge in [0.05, 0.1) is 10.5 Å². The Morgan fingerprint density at radius 1 is 1.04 bits per heavy atom. The predicted octanol–water partition coefficient (Wildman–Crippen LogP) is 1.96. The summed E-state index contributed by atoms with van der Waals surface area (Å²) in [4.78, 5) is 4.86. The summed E-state index contributed by atoms with van der Waals surface area (Å²) in [6, 6.07) is 7.09. The van der Waals surface area contributed by atoms with Gasteiger partial charge in [0.2, 0.25) is 0 Å². The van der Waals surface area contributed by atoms with Gasteiger partial charge in [0, 0.05) is 38.1 Å². The van der Waals surface area contributed by atoms with E-state index in [1.54, 1.807) is 12.1 Å². The van der Waals surface area contributed by atoms with E-state index in [0.717, 1.165) is 31.9 Å². The molecule has 1 heterocycles. The SMILES string of the molecule is CC(C)(C)OCOCN1CCN(c2ccc(S(C)(=O)=O)cc2)CC1. The van der Waals surface area contributed by atoms with E-state index < -0.39 is 9.84 Å². The van der Waals surface area contributed by atoms with Crippen LogP contribution in [-0.2, 0) is 19.3 Å². The molecule has 1 saturated heterocycles. The van der Waals surface area contributed by atoms with Crippen molar-refractivity contribution < 1.29 is 17.9 Å². The van der Waals surface area contributed by atoms with Crippen molar-refractivity contribution in [2.45, 2.75) is 31.3 Å². The first-order chi connectivity index (χ1) is 11.1. The van der Waals surface area contributed by atoms with E-state index in [-0.39, 0.29) is 5.60 Å². The third kappa shape index (κ3) is 6.05. The lowest BCUT2D eigenvalue weighted by Gasteiger charge is -2.36. The predicted molar refractivity (Wildman–Crippen MR) is 95.0 cm³/mol. The molecule has 0 amide bonds. The molecule has 1 aliphatic rings. The van der Waals surface area contributed by atoms with Gasteiger partial charge in [0.25, 0.3) is 0 Å². The molecular weight excluding hydrogens is 328 g/mol. The molecule has 24 heavy (non-hydrogen) atoms. The molecule has 1 aromatic carbocycles. The molecule has 0 unspecified atom stereocenters. The normalized spacial score (nSPS) is 17.2. The second kappa shape index (κ2) is 7.82. The van der Waals surface area contributed by atoms with Crippen LogP contribution >= 0.6 is 0 Å². The highest BCUT2D eigenvalue weighted by Gasteiger charge is 2.18. The Hall–Kier alpha value is -1.15. The molecule has 6 nitrogen and oxygen atoms in total. The van der Waals surface area contributed by atoms with Crippen LogP contribution in [0.25, 0.3) is 0 Å². The molecule has 7 heteroatoms. The molecule has 0 aliphatic carbocycles. The van der Waals surface area contributed by atoms with Gasteiger partial charge in [-0.15, -0.1) is 0 Å². The minimum Gasteiger partial charge on any atom is -0.369 e. The van der Waals surface area contributed by atoms with Gasteiger partial charge in [-0.25, -0.2) is 8.42 Å². The van der Waals surface area contributed by atoms with Crippen LogP contribution in [0.5, 0.6) is 0 Å². The summed E-state index contributed by atoms with van der Waals surface area (Å²) in [5, 5.41) is 0. The average molecular weight is 356 g/mol. The molecule has 0 N–H and O–H groups in total. The Bertz CT molecular complexity index is 615. The first-order valence-corrected chi connectivity index (χ1v) is 10.0. The number of nitrogens with zero attached hydrogens (tertiary/aromatic N) is 2. The van der Waals surface area contributed by atoms with Crippen molar-refractivity contribution in [2.24, 2.45) is 0 Å². The van der Waals surface area contributed by atoms with Crippen LogP contribution in [-0.4, -0.2) is 64.9 Å². The molecule has 0 spiro atoms. The third-order valence-electron chi connectivity index (χ3n) is 3.85. The Kier molecular flexibility index (Phi) is 6.25. The van der Waals surface area contributed by atoms with Crippen LogP contribution in [0.15, 0.2) is 29.2 Å². The Morgan fingerprint density at radius 2 is 1.62 bits per heavy atom. The molecule has 136 valence electrons. The summed E-state index contributed by atoms with van der Waals surface area (Å²) >= 11 is 0. The highest BCUT2D eigenvalue weighted by Crippen LogP contribution is 2.19. The Balaban J connectivity index is 1.76. The van der Waals surface area contributed by atoms with E-state index >= 15 is 0 Å². The number of hydrogen-bond acceptors (Lipinski definition) is 6. The second-order valence-electron chi connectivity index (χ2n) is 7.08. The lowest BCUT2D eigenvalue weighted by Crippen LogP contribution is -2.47. The van der Waals surface area contributed by atoms with Gasteiger partial charge >= 0.3 is 0 Å². The van der Waals surface area contributed by atoms with Crippen LogP contribution in [0.1, 0.15) is 20.8 Å². The zero-order valence-corrected chi connectivity index (χ0v) is 15.8. The van der Waals surface area contributed by atoms with Gasteiger partial charge in [-0.2, -0.15) is 0 Å². The average Bonchev–Trinajstić information content (AvgIpc) is 2.51. The first kappa shape index (κ1) is 19.2. The Labute approximate surface area is 145 Å². The number of sulfone groups is 1. The van der Waals surface area contributed by atoms with E-state index in [4.69, 9.17) is 9.47 Å². The molecule has 0 bridgehead atoms. The molecule has 2 rings (SSSR count). The second-order valence-corrected chi connectivity index (χ2v) is 9.09. The zero-order valence-electron chi connectivity index (χ0n) is 15.0. The van der Waals surface area contributed by atoms with E-state index in [2.05, 4.69) is 9.80 Å². The van der Waals surface area contributed by atoms with E-state index in [9.17, 15) is 8.42 Å². The van der Waals surface area contributed by atoms with E-state index in [1.807, 2.05) is 32.9 Å². The standard InChI is InChI=1S/C17H28N2O4S/c1-17(2,3)23-14-22-13-18-9-11-19(12-10-18)15-5-7-16(8-6-15)24(4,20)21/h5-8H,9-14H2,1-4H3. The van der Waals surface area contributed by atoms with E-state index in [0.29, 0.717) is 18.4 Å². The van der Waals surface area contributed by atoms with Crippen LogP contribution in [0.3, 0.4) is 0 Å². The molecule has 0 saturated carbocycles. The van der Waals surface area contributed by atoms with E-state index in [1.165, 1.54) is 6.26 Å². The summed E-state index contributed by atoms with van der Waals surface area (Å²) in [7, 11) is -3.14. The van der Waals surface area contributed by atoms with Crippen molar-refractivity contribution in [1.29, 1.82) is 0 Å². The molecule has 0 radical (unpaired) electrons. The van der Waals surface area contributed by atoms with Crippen LogP contribution in [0.2, 0.25) is 0 Å². The van der Waals surface area contributed by atoms with Crippen molar-refractivity contribution in [3.63, 3.8) is 0 Å². The highest BCUT2D eigenvalue weighted by molar-refractivity contribution is 7.90. The minimum absolute atomic E-state index is 0.184. The number of rotatable bonds is 6. The number of anilines is 1. The number of piperazine rings is 1. The lowest BCUT2D eigenvalue weighted by molar-refractivity contribution is -0.141. The van der Waals surface area contributed by atoms with Crippen LogP contribution in [0.4, 0.5) is 5.69 Å². The fourth-order valence-corrected chi connectivity index (χ4v) is 3.05. The van der Waals surface area contributed by atoms with Crippen molar-refractivity contribution in [3.05, 3.63) is 24.3 Å². The van der Waals surface area contributed by atoms with Gasteiger partial charge in [-0.3, -0.25) is 4.90 Å². The number of ether oxygens (including phenoxy) is 2. The number of benzene rings is 1. The quantitative estimate of drug-likeness (QED) is 0.574. The van der Waals surface area contributed by atoms with Gasteiger partial charge in [-0.05, 0) is 45.0 Å². The fourth-order valence-electron chi connectivity index (χ4n) is 2.42. The monoisotopic (exact) mass is 356 g/mol.